The summed E-state index contributed by atoms with van der Waals surface area (Å²) in [5.74, 6) is -0.609. The van der Waals surface area contributed by atoms with E-state index in [4.69, 9.17) is 4.74 Å². The molecule has 0 bridgehead atoms. The molecule has 1 aromatic rings. The number of fused-ring (bicyclic) bond motifs is 1. The number of anilines is 1. The number of rotatable bonds is 2. The van der Waals surface area contributed by atoms with Crippen LogP contribution in [0, 0.1) is 0 Å². The van der Waals surface area contributed by atoms with E-state index in [9.17, 15) is 19.5 Å². The van der Waals surface area contributed by atoms with E-state index < -0.39 is 17.9 Å². The van der Waals surface area contributed by atoms with Crippen molar-refractivity contribution in [2.45, 2.75) is 58.0 Å². The van der Waals surface area contributed by atoms with Crippen LogP contribution in [0.5, 0.6) is 0 Å². The third kappa shape index (κ3) is 4.52. The Bertz CT molecular complexity index is 888. The van der Waals surface area contributed by atoms with Gasteiger partial charge in [-0.1, -0.05) is 6.07 Å². The molecule has 3 amide bonds. The summed E-state index contributed by atoms with van der Waals surface area (Å²) >= 11 is 0. The van der Waals surface area contributed by atoms with Gasteiger partial charge in [-0.2, -0.15) is 0 Å². The lowest BCUT2D eigenvalue weighted by molar-refractivity contribution is -0.141. The van der Waals surface area contributed by atoms with Crippen molar-refractivity contribution < 1.29 is 24.2 Å². The van der Waals surface area contributed by atoms with Gasteiger partial charge in [0.05, 0.1) is 6.04 Å². The molecule has 3 aliphatic heterocycles. The number of carbonyl (C=O) groups is 3. The van der Waals surface area contributed by atoms with Crippen molar-refractivity contribution in [2.75, 3.05) is 31.1 Å². The standard InChI is InChI=1S/C22H30N4O5/c1-22(2,3)31-21(30)25-10-8-24(9-11-25)15-5-4-14-13-26(20(29)16(14)12-15)17-6-7-18(27)23-19(17)28/h4-5,12,17,20,29H,6-11,13H2,1-3H3,(H,23,27,28). The Morgan fingerprint density at radius 2 is 1.87 bits per heavy atom. The average Bonchev–Trinajstić information content (AvgIpc) is 3.03. The van der Waals surface area contributed by atoms with Crippen molar-refractivity contribution in [3.05, 3.63) is 29.3 Å². The number of imide groups is 1. The van der Waals surface area contributed by atoms with Gasteiger partial charge in [-0.25, -0.2) is 4.79 Å². The highest BCUT2D eigenvalue weighted by molar-refractivity contribution is 6.00. The number of benzene rings is 1. The minimum Gasteiger partial charge on any atom is -0.444 e. The number of piperidine rings is 1. The van der Waals surface area contributed by atoms with Crippen molar-refractivity contribution in [3.8, 4) is 0 Å². The summed E-state index contributed by atoms with van der Waals surface area (Å²) in [4.78, 5) is 41.6. The fourth-order valence-electron chi connectivity index (χ4n) is 4.38. The highest BCUT2D eigenvalue weighted by Crippen LogP contribution is 2.37. The molecule has 2 atom stereocenters. The molecule has 0 aliphatic carbocycles. The van der Waals surface area contributed by atoms with E-state index in [0.29, 0.717) is 39.1 Å². The van der Waals surface area contributed by atoms with Crippen LogP contribution in [0.1, 0.15) is 51.0 Å². The van der Waals surface area contributed by atoms with Gasteiger partial charge in [0.1, 0.15) is 11.8 Å². The molecular formula is C22H30N4O5. The van der Waals surface area contributed by atoms with Crippen LogP contribution >= 0.6 is 0 Å². The molecular weight excluding hydrogens is 400 g/mol. The molecule has 9 nitrogen and oxygen atoms in total. The van der Waals surface area contributed by atoms with Crippen LogP contribution in [-0.4, -0.2) is 70.6 Å². The summed E-state index contributed by atoms with van der Waals surface area (Å²) < 4.78 is 5.45. The van der Waals surface area contributed by atoms with Crippen molar-refractivity contribution >= 4 is 23.6 Å². The van der Waals surface area contributed by atoms with Crippen molar-refractivity contribution in [1.29, 1.82) is 0 Å². The third-order valence-corrected chi connectivity index (χ3v) is 5.98. The first-order chi connectivity index (χ1) is 14.6. The maximum Gasteiger partial charge on any atom is 0.410 e. The topological polar surface area (TPSA) is 102 Å². The van der Waals surface area contributed by atoms with Gasteiger partial charge in [0.2, 0.25) is 11.8 Å². The van der Waals surface area contributed by atoms with E-state index in [-0.39, 0.29) is 24.3 Å². The van der Waals surface area contributed by atoms with Crippen molar-refractivity contribution in [2.24, 2.45) is 0 Å². The number of hydrogen-bond acceptors (Lipinski definition) is 7. The zero-order valence-corrected chi connectivity index (χ0v) is 18.3. The highest BCUT2D eigenvalue weighted by Gasteiger charge is 2.40. The van der Waals surface area contributed by atoms with Gasteiger partial charge < -0.3 is 19.6 Å². The second-order valence-electron chi connectivity index (χ2n) is 9.35. The predicted molar refractivity (Wildman–Crippen MR) is 113 cm³/mol. The Morgan fingerprint density at radius 1 is 1.16 bits per heavy atom. The summed E-state index contributed by atoms with van der Waals surface area (Å²) in [7, 11) is 0. The second-order valence-corrected chi connectivity index (χ2v) is 9.35. The first-order valence-corrected chi connectivity index (χ1v) is 10.8. The van der Waals surface area contributed by atoms with Gasteiger partial charge in [-0.15, -0.1) is 0 Å². The molecule has 2 saturated heterocycles. The molecule has 9 heteroatoms. The van der Waals surface area contributed by atoms with E-state index in [1.54, 1.807) is 9.80 Å². The van der Waals surface area contributed by atoms with Gasteiger partial charge in [0, 0.05) is 50.4 Å². The molecule has 0 saturated carbocycles. The molecule has 0 spiro atoms. The summed E-state index contributed by atoms with van der Waals surface area (Å²) in [6.07, 6.45) is -0.489. The average molecular weight is 431 g/mol. The number of nitrogens with one attached hydrogen (secondary N) is 1. The smallest absolute Gasteiger partial charge is 0.410 e. The number of nitrogens with zero attached hydrogens (tertiary/aromatic N) is 3. The Labute approximate surface area is 181 Å². The summed E-state index contributed by atoms with van der Waals surface area (Å²) in [6, 6.07) is 5.46. The van der Waals surface area contributed by atoms with E-state index >= 15 is 0 Å². The van der Waals surface area contributed by atoms with Gasteiger partial charge in [0.25, 0.3) is 0 Å². The number of hydrogen-bond donors (Lipinski definition) is 2. The van der Waals surface area contributed by atoms with Crippen LogP contribution in [0.4, 0.5) is 10.5 Å². The van der Waals surface area contributed by atoms with E-state index in [1.807, 2.05) is 39.0 Å². The fourth-order valence-corrected chi connectivity index (χ4v) is 4.38. The summed E-state index contributed by atoms with van der Waals surface area (Å²) in [5, 5.41) is 13.3. The molecule has 3 aliphatic rings. The molecule has 168 valence electrons. The molecule has 4 rings (SSSR count). The lowest BCUT2D eigenvalue weighted by atomic mass is 10.0. The molecule has 2 N–H and O–H groups in total. The number of aliphatic hydroxyl groups is 1. The Hall–Kier alpha value is -2.65. The quantitative estimate of drug-likeness (QED) is 0.683. The molecule has 2 fully saturated rings. The first kappa shape index (κ1) is 21.6. The van der Waals surface area contributed by atoms with Gasteiger partial charge in [-0.05, 0) is 44.9 Å². The monoisotopic (exact) mass is 430 g/mol. The van der Waals surface area contributed by atoms with Crippen LogP contribution in [-0.2, 0) is 20.9 Å². The first-order valence-electron chi connectivity index (χ1n) is 10.8. The van der Waals surface area contributed by atoms with Crippen LogP contribution in [0.3, 0.4) is 0 Å². The zero-order chi connectivity index (χ0) is 22.3. The number of piperazine rings is 1. The number of aliphatic hydroxyl groups excluding tert-OH is 1. The Balaban J connectivity index is 1.41. The van der Waals surface area contributed by atoms with Gasteiger partial charge in [-0.3, -0.25) is 19.8 Å². The van der Waals surface area contributed by atoms with Crippen LogP contribution < -0.4 is 10.2 Å². The molecule has 1 aromatic carbocycles. The minimum atomic E-state index is -0.887. The molecule has 31 heavy (non-hydrogen) atoms. The molecule has 2 unspecified atom stereocenters. The summed E-state index contributed by atoms with van der Waals surface area (Å²) in [6.45, 7) is 8.51. The number of ether oxygens (including phenoxy) is 1. The Morgan fingerprint density at radius 3 is 2.52 bits per heavy atom. The van der Waals surface area contributed by atoms with E-state index in [1.165, 1.54) is 0 Å². The van der Waals surface area contributed by atoms with Crippen LogP contribution in [0.25, 0.3) is 0 Å². The molecule has 3 heterocycles. The molecule has 0 radical (unpaired) electrons. The van der Waals surface area contributed by atoms with Crippen LogP contribution in [0.2, 0.25) is 0 Å². The van der Waals surface area contributed by atoms with Gasteiger partial charge in [0.15, 0.2) is 0 Å². The number of carbonyl (C=O) groups excluding carboxylic acids is 3. The largest absolute Gasteiger partial charge is 0.444 e. The highest BCUT2D eigenvalue weighted by atomic mass is 16.6. The summed E-state index contributed by atoms with van der Waals surface area (Å²) in [5.41, 5.74) is 2.23. The van der Waals surface area contributed by atoms with Crippen LogP contribution in [0.15, 0.2) is 18.2 Å². The third-order valence-electron chi connectivity index (χ3n) is 5.98. The van der Waals surface area contributed by atoms with E-state index in [2.05, 4.69) is 10.2 Å². The van der Waals surface area contributed by atoms with Crippen molar-refractivity contribution in [3.63, 3.8) is 0 Å². The maximum atomic E-state index is 12.3. The lowest BCUT2D eigenvalue weighted by Crippen LogP contribution is -2.51. The lowest BCUT2D eigenvalue weighted by Gasteiger charge is -2.37. The van der Waals surface area contributed by atoms with E-state index in [0.717, 1.165) is 16.8 Å². The SMILES string of the molecule is CC(C)(C)OC(=O)N1CCN(c2ccc3c(c2)C(O)N(C2CCC(=O)NC2=O)C3)CC1. The predicted octanol–water partition coefficient (Wildman–Crippen LogP) is 1.36. The normalized spacial score (nSPS) is 24.8. The molecule has 0 aromatic heterocycles. The van der Waals surface area contributed by atoms with Gasteiger partial charge >= 0.3 is 6.09 Å². The minimum absolute atomic E-state index is 0.264. The Kier molecular flexibility index (Phi) is 5.65. The zero-order valence-electron chi connectivity index (χ0n) is 18.3. The number of amides is 3. The maximum absolute atomic E-state index is 12.3. The fraction of sp³-hybridized carbons (Fsp3) is 0.591. The van der Waals surface area contributed by atoms with Crippen molar-refractivity contribution in [1.82, 2.24) is 15.1 Å². The second kappa shape index (κ2) is 8.12.